The second-order valence-electron chi connectivity index (χ2n) is 8.37. The third kappa shape index (κ3) is 7.66. The standard InChI is InChI=1S/C28H31NO5.C2H7N.CH4/c1-30-24-17-27(33-4)25(31-2)15-21(24)10-11-23-22-16-26(32-3)28(14-20(22)12-13-29-23)34-18-19-8-6-5-7-9-19;1-2-3;/h5-11,14-17,23,29H,12-13,18H2,1-4H3;2-3H2,1H3;1H4/b11-10+;;. The van der Waals surface area contributed by atoms with Crippen molar-refractivity contribution in [3.63, 3.8) is 0 Å². The lowest BCUT2D eigenvalue weighted by Gasteiger charge is -2.26. The van der Waals surface area contributed by atoms with Crippen LogP contribution in [0.2, 0.25) is 0 Å². The molecule has 0 bridgehead atoms. The van der Waals surface area contributed by atoms with Crippen molar-refractivity contribution in [2.24, 2.45) is 5.73 Å². The fourth-order valence-corrected chi connectivity index (χ4v) is 4.16. The average molecular weight is 523 g/mol. The highest BCUT2D eigenvalue weighted by atomic mass is 16.5. The molecule has 3 aromatic rings. The lowest BCUT2D eigenvalue weighted by Crippen LogP contribution is -2.28. The van der Waals surface area contributed by atoms with E-state index < -0.39 is 0 Å². The maximum Gasteiger partial charge on any atom is 0.164 e. The van der Waals surface area contributed by atoms with E-state index in [0.717, 1.165) is 42.1 Å². The van der Waals surface area contributed by atoms with Gasteiger partial charge in [-0.15, -0.1) is 0 Å². The number of nitrogens with two attached hydrogens (primary N) is 1. The van der Waals surface area contributed by atoms with E-state index in [9.17, 15) is 0 Å². The van der Waals surface area contributed by atoms with Crippen LogP contribution in [0.25, 0.3) is 6.08 Å². The first-order chi connectivity index (χ1) is 18.1. The number of hydrogen-bond acceptors (Lipinski definition) is 7. The fourth-order valence-electron chi connectivity index (χ4n) is 4.16. The van der Waals surface area contributed by atoms with Gasteiger partial charge in [-0.1, -0.05) is 56.8 Å². The van der Waals surface area contributed by atoms with Gasteiger partial charge in [-0.2, -0.15) is 0 Å². The first-order valence-corrected chi connectivity index (χ1v) is 12.4. The molecule has 38 heavy (non-hydrogen) atoms. The molecule has 4 rings (SSSR count). The van der Waals surface area contributed by atoms with Crippen molar-refractivity contribution in [2.45, 2.75) is 33.4 Å². The summed E-state index contributed by atoms with van der Waals surface area (Å²) in [5.74, 6) is 3.48. The van der Waals surface area contributed by atoms with Crippen molar-refractivity contribution in [1.29, 1.82) is 0 Å². The van der Waals surface area contributed by atoms with E-state index >= 15 is 0 Å². The van der Waals surface area contributed by atoms with Gasteiger partial charge >= 0.3 is 0 Å². The molecule has 3 aromatic carbocycles. The fraction of sp³-hybridized carbons (Fsp3) is 0.355. The quantitative estimate of drug-likeness (QED) is 0.367. The molecule has 206 valence electrons. The van der Waals surface area contributed by atoms with Crippen LogP contribution in [0.3, 0.4) is 0 Å². The first kappa shape index (κ1) is 30.5. The van der Waals surface area contributed by atoms with Crippen LogP contribution in [0.4, 0.5) is 0 Å². The maximum atomic E-state index is 6.12. The van der Waals surface area contributed by atoms with Crippen LogP contribution < -0.4 is 34.7 Å². The average Bonchev–Trinajstić information content (AvgIpc) is 2.94. The number of nitrogens with one attached hydrogen (secondary N) is 1. The molecule has 1 heterocycles. The molecule has 1 aliphatic rings. The predicted molar refractivity (Wildman–Crippen MR) is 155 cm³/mol. The minimum Gasteiger partial charge on any atom is -0.496 e. The zero-order valence-corrected chi connectivity index (χ0v) is 22.4. The molecular formula is C31H42N2O5. The van der Waals surface area contributed by atoms with Gasteiger partial charge < -0.3 is 34.7 Å². The summed E-state index contributed by atoms with van der Waals surface area (Å²) < 4.78 is 28.2. The molecule has 0 aliphatic carbocycles. The van der Waals surface area contributed by atoms with E-state index in [1.807, 2.05) is 43.3 Å². The highest BCUT2D eigenvalue weighted by Gasteiger charge is 2.21. The molecule has 0 aromatic heterocycles. The van der Waals surface area contributed by atoms with E-state index in [1.165, 1.54) is 11.1 Å². The van der Waals surface area contributed by atoms with Gasteiger partial charge in [-0.3, -0.25) is 0 Å². The number of ether oxygens (including phenoxy) is 5. The summed E-state index contributed by atoms with van der Waals surface area (Å²) in [7, 11) is 6.56. The molecule has 0 saturated heterocycles. The van der Waals surface area contributed by atoms with Gasteiger partial charge in [0.15, 0.2) is 23.0 Å². The van der Waals surface area contributed by atoms with Crippen LogP contribution in [0, 0.1) is 0 Å². The van der Waals surface area contributed by atoms with E-state index in [1.54, 1.807) is 28.4 Å². The Labute approximate surface area is 227 Å². The molecule has 0 saturated carbocycles. The molecular weight excluding hydrogens is 480 g/mol. The number of hydrogen-bond donors (Lipinski definition) is 2. The molecule has 0 spiro atoms. The Bertz CT molecular complexity index is 1160. The van der Waals surface area contributed by atoms with Crippen molar-refractivity contribution in [2.75, 3.05) is 41.5 Å². The molecule has 1 atom stereocenters. The van der Waals surface area contributed by atoms with Crippen LogP contribution in [-0.2, 0) is 13.0 Å². The maximum absolute atomic E-state index is 6.12. The summed E-state index contributed by atoms with van der Waals surface area (Å²) in [6, 6.07) is 18.1. The van der Waals surface area contributed by atoms with Crippen molar-refractivity contribution in [1.82, 2.24) is 5.32 Å². The Kier molecular flexibility index (Phi) is 12.5. The second-order valence-corrected chi connectivity index (χ2v) is 8.37. The topological polar surface area (TPSA) is 84.2 Å². The minimum atomic E-state index is 0. The Hall–Kier alpha value is -3.68. The molecule has 0 radical (unpaired) electrons. The summed E-state index contributed by atoms with van der Waals surface area (Å²) in [6.07, 6.45) is 5.09. The summed E-state index contributed by atoms with van der Waals surface area (Å²) in [4.78, 5) is 0. The SMILES string of the molecule is C.CCN.COc1cc(OC)c(OC)cc1/C=C/C1NCCc2cc(OCc3ccccc3)c(OC)cc21. The van der Waals surface area contributed by atoms with E-state index in [4.69, 9.17) is 29.4 Å². The Morgan fingerprint density at radius 1 is 0.842 bits per heavy atom. The first-order valence-electron chi connectivity index (χ1n) is 12.4. The zero-order valence-electron chi connectivity index (χ0n) is 22.4. The molecule has 7 nitrogen and oxygen atoms in total. The van der Waals surface area contributed by atoms with Crippen LogP contribution in [0.5, 0.6) is 28.7 Å². The normalized spacial score (nSPS) is 13.9. The highest BCUT2D eigenvalue weighted by Crippen LogP contribution is 2.38. The Balaban J connectivity index is 0.00000121. The summed E-state index contributed by atoms with van der Waals surface area (Å²) >= 11 is 0. The number of methoxy groups -OCH3 is 4. The van der Waals surface area contributed by atoms with Gasteiger partial charge in [0, 0.05) is 18.2 Å². The smallest absolute Gasteiger partial charge is 0.164 e. The largest absolute Gasteiger partial charge is 0.496 e. The molecule has 1 unspecified atom stereocenters. The predicted octanol–water partition coefficient (Wildman–Crippen LogP) is 5.80. The van der Waals surface area contributed by atoms with Crippen molar-refractivity contribution in [3.8, 4) is 28.7 Å². The van der Waals surface area contributed by atoms with Gasteiger partial charge in [0.05, 0.1) is 34.5 Å². The van der Waals surface area contributed by atoms with Crippen LogP contribution in [-0.4, -0.2) is 41.5 Å². The summed E-state index contributed by atoms with van der Waals surface area (Å²) in [6.45, 7) is 4.02. The van der Waals surface area contributed by atoms with Crippen LogP contribution in [0.15, 0.2) is 60.7 Å². The molecule has 0 amide bonds. The van der Waals surface area contributed by atoms with Gasteiger partial charge in [-0.05, 0) is 47.9 Å². The lowest BCUT2D eigenvalue weighted by atomic mass is 9.93. The van der Waals surface area contributed by atoms with Gasteiger partial charge in [0.1, 0.15) is 12.4 Å². The van der Waals surface area contributed by atoms with Gasteiger partial charge in [-0.25, -0.2) is 0 Å². The molecule has 3 N–H and O–H groups in total. The number of benzene rings is 3. The number of fused-ring (bicyclic) bond motifs is 1. The summed E-state index contributed by atoms with van der Waals surface area (Å²) in [5.41, 5.74) is 9.29. The van der Waals surface area contributed by atoms with Gasteiger partial charge in [0.2, 0.25) is 0 Å². The van der Waals surface area contributed by atoms with Crippen molar-refractivity contribution >= 4 is 6.08 Å². The molecule has 1 aliphatic heterocycles. The molecule has 7 heteroatoms. The van der Waals surface area contributed by atoms with E-state index in [2.05, 4.69) is 35.7 Å². The van der Waals surface area contributed by atoms with E-state index in [0.29, 0.717) is 23.9 Å². The van der Waals surface area contributed by atoms with E-state index in [-0.39, 0.29) is 13.5 Å². The number of rotatable bonds is 9. The lowest BCUT2D eigenvalue weighted by molar-refractivity contribution is 0.283. The van der Waals surface area contributed by atoms with Crippen molar-refractivity contribution in [3.05, 3.63) is 82.9 Å². The third-order valence-electron chi connectivity index (χ3n) is 5.96. The Morgan fingerprint density at radius 3 is 2.08 bits per heavy atom. The zero-order chi connectivity index (χ0) is 26.6. The van der Waals surface area contributed by atoms with Crippen LogP contribution in [0.1, 0.15) is 42.6 Å². The monoisotopic (exact) mass is 522 g/mol. The third-order valence-corrected chi connectivity index (χ3v) is 5.96. The van der Waals surface area contributed by atoms with Gasteiger partial charge in [0.25, 0.3) is 0 Å². The Morgan fingerprint density at radius 2 is 1.45 bits per heavy atom. The summed E-state index contributed by atoms with van der Waals surface area (Å²) in [5, 5.41) is 3.58. The van der Waals surface area contributed by atoms with Crippen molar-refractivity contribution < 1.29 is 23.7 Å². The minimum absolute atomic E-state index is 0. The molecule has 0 fully saturated rings. The second kappa shape index (κ2) is 15.5. The highest BCUT2D eigenvalue weighted by molar-refractivity contribution is 5.64. The van der Waals surface area contributed by atoms with Crippen LogP contribution >= 0.6 is 0 Å².